The minimum absolute atomic E-state index is 0.00262. The van der Waals surface area contributed by atoms with Crippen LogP contribution in [0.15, 0.2) is 27.1 Å². The largest absolute Gasteiger partial charge is 0.346 e. The second-order valence-electron chi connectivity index (χ2n) is 4.98. The highest BCUT2D eigenvalue weighted by atomic mass is 79.9. The lowest BCUT2D eigenvalue weighted by molar-refractivity contribution is 0.0914. The lowest BCUT2D eigenvalue weighted by atomic mass is 10.0. The fourth-order valence-corrected chi connectivity index (χ4v) is 5.00. The molecule has 0 radical (unpaired) electrons. The summed E-state index contributed by atoms with van der Waals surface area (Å²) in [7, 11) is -3.04. The van der Waals surface area contributed by atoms with Gasteiger partial charge >= 0.3 is 0 Å². The molecule has 1 fully saturated rings. The molecule has 2 rings (SSSR count). The van der Waals surface area contributed by atoms with Gasteiger partial charge in [0.2, 0.25) is 0 Å². The second kappa shape index (κ2) is 5.18. The Morgan fingerprint density at radius 1 is 1.37 bits per heavy atom. The maximum atomic E-state index is 12.2. The number of amides is 1. The third kappa shape index (κ3) is 3.58. The van der Waals surface area contributed by atoms with Crippen molar-refractivity contribution in [2.75, 3.05) is 11.5 Å². The molecular formula is C12H13Br2NO3S. The molecule has 1 aliphatic rings. The predicted molar refractivity (Wildman–Crippen MR) is 81.0 cm³/mol. The Bertz CT molecular complexity index is 630. The van der Waals surface area contributed by atoms with Crippen LogP contribution < -0.4 is 5.32 Å². The van der Waals surface area contributed by atoms with Gasteiger partial charge in [0, 0.05) is 8.95 Å². The number of carbonyl (C=O) groups is 1. The smallest absolute Gasteiger partial charge is 0.252 e. The van der Waals surface area contributed by atoms with Gasteiger partial charge in [-0.3, -0.25) is 4.79 Å². The molecular weight excluding hydrogens is 398 g/mol. The van der Waals surface area contributed by atoms with Crippen LogP contribution in [0, 0.1) is 0 Å². The third-order valence-electron chi connectivity index (χ3n) is 3.09. The van der Waals surface area contributed by atoms with Crippen molar-refractivity contribution in [1.29, 1.82) is 0 Å². The quantitative estimate of drug-likeness (QED) is 0.814. The van der Waals surface area contributed by atoms with E-state index in [0.717, 1.165) is 4.47 Å². The van der Waals surface area contributed by atoms with Crippen molar-refractivity contribution in [3.63, 3.8) is 0 Å². The van der Waals surface area contributed by atoms with E-state index in [4.69, 9.17) is 0 Å². The van der Waals surface area contributed by atoms with Crippen LogP contribution in [0.5, 0.6) is 0 Å². The Morgan fingerprint density at radius 3 is 2.63 bits per heavy atom. The zero-order valence-corrected chi connectivity index (χ0v) is 14.2. The molecule has 1 unspecified atom stereocenters. The van der Waals surface area contributed by atoms with E-state index in [1.165, 1.54) is 0 Å². The Morgan fingerprint density at radius 2 is 2.05 bits per heavy atom. The van der Waals surface area contributed by atoms with E-state index in [2.05, 4.69) is 37.2 Å². The predicted octanol–water partition coefficient (Wildman–Crippen LogP) is 2.52. The first-order valence-corrected chi connectivity index (χ1v) is 9.10. The van der Waals surface area contributed by atoms with E-state index in [-0.39, 0.29) is 17.4 Å². The summed E-state index contributed by atoms with van der Waals surface area (Å²) in [6, 6.07) is 5.29. The molecule has 0 aromatic heterocycles. The van der Waals surface area contributed by atoms with Gasteiger partial charge in [-0.2, -0.15) is 0 Å². The van der Waals surface area contributed by atoms with E-state index in [1.54, 1.807) is 19.1 Å². The van der Waals surface area contributed by atoms with Gasteiger partial charge in [0.15, 0.2) is 9.84 Å². The Kier molecular flexibility index (Phi) is 4.09. The third-order valence-corrected chi connectivity index (χ3v) is 6.18. The van der Waals surface area contributed by atoms with Crippen LogP contribution in [-0.4, -0.2) is 31.4 Å². The minimum Gasteiger partial charge on any atom is -0.346 e. The number of sulfone groups is 1. The molecule has 4 nitrogen and oxygen atoms in total. The van der Waals surface area contributed by atoms with Crippen LogP contribution in [-0.2, 0) is 9.84 Å². The van der Waals surface area contributed by atoms with Gasteiger partial charge in [-0.25, -0.2) is 8.42 Å². The Balaban J connectivity index is 2.20. The number of nitrogens with one attached hydrogen (secondary N) is 1. The molecule has 0 bridgehead atoms. The molecule has 1 aromatic rings. The number of hydrogen-bond donors (Lipinski definition) is 1. The summed E-state index contributed by atoms with van der Waals surface area (Å²) < 4.78 is 24.5. The lowest BCUT2D eigenvalue weighted by Gasteiger charge is -2.24. The zero-order chi connectivity index (χ0) is 14.3. The van der Waals surface area contributed by atoms with Crippen LogP contribution in [0.1, 0.15) is 23.7 Å². The number of halogens is 2. The number of rotatable bonds is 2. The van der Waals surface area contributed by atoms with E-state index >= 15 is 0 Å². The van der Waals surface area contributed by atoms with E-state index in [1.807, 2.05) is 6.07 Å². The van der Waals surface area contributed by atoms with Crippen LogP contribution in [0.25, 0.3) is 0 Å². The number of carbonyl (C=O) groups excluding carboxylic acids is 1. The summed E-state index contributed by atoms with van der Waals surface area (Å²) in [6.45, 7) is 1.77. The monoisotopic (exact) mass is 409 g/mol. The number of benzene rings is 1. The zero-order valence-electron chi connectivity index (χ0n) is 10.2. The van der Waals surface area contributed by atoms with Crippen molar-refractivity contribution in [2.45, 2.75) is 18.9 Å². The highest BCUT2D eigenvalue weighted by Crippen LogP contribution is 2.26. The molecule has 1 heterocycles. The highest BCUT2D eigenvalue weighted by molar-refractivity contribution is 9.11. The summed E-state index contributed by atoms with van der Waals surface area (Å²) in [5, 5.41) is 2.83. The minimum atomic E-state index is -3.04. The molecule has 1 N–H and O–H groups in total. The average molecular weight is 411 g/mol. The fourth-order valence-electron chi connectivity index (χ4n) is 2.12. The van der Waals surface area contributed by atoms with Gasteiger partial charge in [0.05, 0.1) is 22.6 Å². The van der Waals surface area contributed by atoms with Crippen molar-refractivity contribution in [1.82, 2.24) is 5.32 Å². The normalized spacial score (nSPS) is 25.2. The maximum Gasteiger partial charge on any atom is 0.252 e. The van der Waals surface area contributed by atoms with Crippen LogP contribution in [0.4, 0.5) is 0 Å². The topological polar surface area (TPSA) is 63.2 Å². The van der Waals surface area contributed by atoms with Gasteiger partial charge in [-0.15, -0.1) is 0 Å². The molecule has 104 valence electrons. The first kappa shape index (κ1) is 15.0. The standard InChI is InChI=1S/C12H13Br2NO3S/c1-12(4-5-19(17,18)7-12)15-11(16)9-6-8(13)2-3-10(9)14/h2-3,6H,4-5,7H2,1H3,(H,15,16). The van der Waals surface area contributed by atoms with Crippen molar-refractivity contribution < 1.29 is 13.2 Å². The van der Waals surface area contributed by atoms with Gasteiger partial charge in [-0.1, -0.05) is 15.9 Å². The van der Waals surface area contributed by atoms with E-state index < -0.39 is 15.4 Å². The molecule has 19 heavy (non-hydrogen) atoms. The van der Waals surface area contributed by atoms with E-state index in [0.29, 0.717) is 16.5 Å². The molecule has 7 heteroatoms. The number of hydrogen-bond acceptors (Lipinski definition) is 3. The SMILES string of the molecule is CC1(NC(=O)c2cc(Br)ccc2Br)CCS(=O)(=O)C1. The van der Waals surface area contributed by atoms with Crippen LogP contribution in [0.3, 0.4) is 0 Å². The van der Waals surface area contributed by atoms with E-state index in [9.17, 15) is 13.2 Å². The van der Waals surface area contributed by atoms with Crippen molar-refractivity contribution in [3.05, 3.63) is 32.7 Å². The molecule has 0 aliphatic carbocycles. The van der Waals surface area contributed by atoms with Gasteiger partial charge < -0.3 is 5.32 Å². The van der Waals surface area contributed by atoms with Crippen molar-refractivity contribution >= 4 is 47.6 Å². The van der Waals surface area contributed by atoms with Crippen LogP contribution >= 0.6 is 31.9 Å². The molecule has 1 aliphatic heterocycles. The summed E-state index contributed by atoms with van der Waals surface area (Å²) in [5.41, 5.74) is -0.197. The van der Waals surface area contributed by atoms with Crippen molar-refractivity contribution in [2.24, 2.45) is 0 Å². The summed E-state index contributed by atoms with van der Waals surface area (Å²) in [4.78, 5) is 12.2. The molecule has 1 amide bonds. The van der Waals surface area contributed by atoms with Crippen molar-refractivity contribution in [3.8, 4) is 0 Å². The maximum absolute atomic E-state index is 12.2. The molecule has 0 saturated carbocycles. The molecule has 1 aromatic carbocycles. The lowest BCUT2D eigenvalue weighted by Crippen LogP contribution is -2.47. The van der Waals surface area contributed by atoms with Gasteiger partial charge in [0.1, 0.15) is 0 Å². The Hall–Kier alpha value is -0.400. The highest BCUT2D eigenvalue weighted by Gasteiger charge is 2.39. The second-order valence-corrected chi connectivity index (χ2v) is 8.94. The first-order chi connectivity index (χ1) is 8.71. The molecule has 1 atom stereocenters. The summed E-state index contributed by atoms with van der Waals surface area (Å²) in [6.07, 6.45) is 0.451. The molecule has 1 saturated heterocycles. The van der Waals surface area contributed by atoms with Gasteiger partial charge in [0.25, 0.3) is 5.91 Å². The van der Waals surface area contributed by atoms with Gasteiger partial charge in [-0.05, 0) is 47.5 Å². The summed E-state index contributed by atoms with van der Waals surface area (Å²) >= 11 is 6.63. The fraction of sp³-hybridized carbons (Fsp3) is 0.417. The summed E-state index contributed by atoms with van der Waals surface area (Å²) in [5.74, 6) is -0.145. The first-order valence-electron chi connectivity index (χ1n) is 5.69. The molecule has 0 spiro atoms. The van der Waals surface area contributed by atoms with Crippen LogP contribution in [0.2, 0.25) is 0 Å². The Labute approximate surface area is 129 Å². The average Bonchev–Trinajstić information content (AvgIpc) is 2.56.